The Hall–Kier alpha value is -0.290. The second-order valence-corrected chi connectivity index (χ2v) is 7.92. The van der Waals surface area contributed by atoms with E-state index in [4.69, 9.17) is 5.73 Å². The summed E-state index contributed by atoms with van der Waals surface area (Å²) in [7, 11) is 0. The first kappa shape index (κ1) is 11.8. The van der Waals surface area contributed by atoms with Gasteiger partial charge in [0, 0.05) is 25.3 Å². The molecule has 2 aromatic heterocycles. The number of fused-ring (bicyclic) bond motifs is 1. The van der Waals surface area contributed by atoms with Crippen molar-refractivity contribution in [1.29, 1.82) is 0 Å². The van der Waals surface area contributed by atoms with E-state index in [9.17, 15) is 0 Å². The Morgan fingerprint density at radius 1 is 1.24 bits per heavy atom. The van der Waals surface area contributed by atoms with Gasteiger partial charge in [0.1, 0.15) is 0 Å². The molecule has 0 saturated heterocycles. The molecule has 90 valence electrons. The Morgan fingerprint density at radius 3 is 2.82 bits per heavy atom. The molecule has 1 aliphatic heterocycles. The molecule has 0 aromatic carbocycles. The first-order valence-corrected chi connectivity index (χ1v) is 8.54. The van der Waals surface area contributed by atoms with Gasteiger partial charge in [-0.15, -0.1) is 22.7 Å². The van der Waals surface area contributed by atoms with E-state index in [0.717, 1.165) is 0 Å². The standard InChI is InChI=1S/C13H15NS3/c1-8-2-3-11(16-8)13(14)12-6-9-7-15-5-4-10(9)17-12/h2-3,6,13H,4-5,7,14H2,1H3. The van der Waals surface area contributed by atoms with Gasteiger partial charge in [-0.3, -0.25) is 0 Å². The lowest BCUT2D eigenvalue weighted by Gasteiger charge is -2.08. The quantitative estimate of drug-likeness (QED) is 0.902. The molecule has 0 spiro atoms. The van der Waals surface area contributed by atoms with E-state index in [0.29, 0.717) is 0 Å². The summed E-state index contributed by atoms with van der Waals surface area (Å²) in [4.78, 5) is 5.52. The molecule has 0 fully saturated rings. The summed E-state index contributed by atoms with van der Waals surface area (Å²) < 4.78 is 0. The first-order valence-electron chi connectivity index (χ1n) is 5.75. The minimum absolute atomic E-state index is 0.0781. The normalized spacial score (nSPS) is 16.8. The van der Waals surface area contributed by atoms with Crippen molar-refractivity contribution in [3.63, 3.8) is 0 Å². The summed E-state index contributed by atoms with van der Waals surface area (Å²) in [6.45, 7) is 2.14. The summed E-state index contributed by atoms with van der Waals surface area (Å²) in [6.07, 6.45) is 1.22. The Kier molecular flexibility index (Phi) is 3.30. The largest absolute Gasteiger partial charge is 0.319 e. The van der Waals surface area contributed by atoms with Gasteiger partial charge in [0.05, 0.1) is 6.04 Å². The number of rotatable bonds is 2. The van der Waals surface area contributed by atoms with Crippen LogP contribution in [0.1, 0.15) is 31.1 Å². The second-order valence-electron chi connectivity index (χ2n) is 4.33. The Morgan fingerprint density at radius 2 is 2.12 bits per heavy atom. The van der Waals surface area contributed by atoms with Crippen LogP contribution in [0.3, 0.4) is 0 Å². The Balaban J connectivity index is 1.91. The van der Waals surface area contributed by atoms with Gasteiger partial charge >= 0.3 is 0 Å². The van der Waals surface area contributed by atoms with Gasteiger partial charge in [0.15, 0.2) is 0 Å². The lowest BCUT2D eigenvalue weighted by Crippen LogP contribution is -2.07. The number of hydrogen-bond acceptors (Lipinski definition) is 4. The minimum atomic E-state index is 0.0781. The van der Waals surface area contributed by atoms with Gasteiger partial charge in [-0.2, -0.15) is 11.8 Å². The monoisotopic (exact) mass is 281 g/mol. The van der Waals surface area contributed by atoms with Crippen LogP contribution in [0.5, 0.6) is 0 Å². The van der Waals surface area contributed by atoms with Crippen molar-refractivity contribution < 1.29 is 0 Å². The first-order chi connectivity index (χ1) is 8.24. The lowest BCUT2D eigenvalue weighted by atomic mass is 10.1. The van der Waals surface area contributed by atoms with Gasteiger partial charge in [-0.25, -0.2) is 0 Å². The average molecular weight is 281 g/mol. The maximum absolute atomic E-state index is 6.36. The predicted octanol–water partition coefficient (Wildman–Crippen LogP) is 3.96. The maximum Gasteiger partial charge on any atom is 0.0740 e. The molecular weight excluding hydrogens is 266 g/mol. The third-order valence-corrected chi connectivity index (χ3v) is 6.43. The predicted molar refractivity (Wildman–Crippen MR) is 79.3 cm³/mol. The maximum atomic E-state index is 6.36. The van der Waals surface area contributed by atoms with Crippen LogP contribution in [0.25, 0.3) is 0 Å². The topological polar surface area (TPSA) is 26.0 Å². The Labute approximate surface area is 114 Å². The summed E-state index contributed by atoms with van der Waals surface area (Å²) >= 11 is 5.76. The molecule has 0 bridgehead atoms. The molecule has 0 radical (unpaired) electrons. The van der Waals surface area contributed by atoms with Gasteiger partial charge in [-0.1, -0.05) is 0 Å². The van der Waals surface area contributed by atoms with Gasteiger partial charge in [0.2, 0.25) is 0 Å². The van der Waals surface area contributed by atoms with E-state index in [1.54, 1.807) is 4.88 Å². The summed E-state index contributed by atoms with van der Waals surface area (Å²) in [5.41, 5.74) is 7.87. The molecule has 1 unspecified atom stereocenters. The van der Waals surface area contributed by atoms with Crippen LogP contribution in [0.2, 0.25) is 0 Å². The molecule has 2 N–H and O–H groups in total. The fourth-order valence-corrected chi connectivity index (χ4v) is 5.45. The van der Waals surface area contributed by atoms with Crippen molar-refractivity contribution in [1.82, 2.24) is 0 Å². The van der Waals surface area contributed by atoms with E-state index in [2.05, 4.69) is 25.1 Å². The molecule has 0 saturated carbocycles. The molecule has 1 atom stereocenters. The smallest absolute Gasteiger partial charge is 0.0740 e. The lowest BCUT2D eigenvalue weighted by molar-refractivity contribution is 0.916. The van der Waals surface area contributed by atoms with Crippen molar-refractivity contribution in [3.8, 4) is 0 Å². The van der Waals surface area contributed by atoms with Crippen LogP contribution in [-0.2, 0) is 12.2 Å². The zero-order valence-corrected chi connectivity index (χ0v) is 12.2. The molecule has 3 rings (SSSR count). The molecule has 3 heterocycles. The number of nitrogens with two attached hydrogens (primary N) is 1. The fraction of sp³-hybridized carbons (Fsp3) is 0.385. The molecule has 2 aromatic rings. The fourth-order valence-electron chi connectivity index (χ4n) is 2.08. The molecular formula is C13H15NS3. The van der Waals surface area contributed by atoms with Gasteiger partial charge in [-0.05, 0) is 42.9 Å². The molecule has 1 nitrogen and oxygen atoms in total. The van der Waals surface area contributed by atoms with Crippen LogP contribution >= 0.6 is 34.4 Å². The molecule has 1 aliphatic rings. The van der Waals surface area contributed by atoms with E-state index < -0.39 is 0 Å². The summed E-state index contributed by atoms with van der Waals surface area (Å²) in [5.74, 6) is 2.43. The van der Waals surface area contributed by atoms with Crippen molar-refractivity contribution in [2.24, 2.45) is 5.73 Å². The highest BCUT2D eigenvalue weighted by molar-refractivity contribution is 7.98. The zero-order valence-electron chi connectivity index (χ0n) is 9.73. The Bertz CT molecular complexity index is 503. The van der Waals surface area contributed by atoms with Crippen LogP contribution in [-0.4, -0.2) is 5.75 Å². The highest BCUT2D eigenvalue weighted by atomic mass is 32.2. The highest BCUT2D eigenvalue weighted by Gasteiger charge is 2.18. The van der Waals surface area contributed by atoms with E-state index in [-0.39, 0.29) is 6.04 Å². The van der Waals surface area contributed by atoms with Crippen LogP contribution in [0.4, 0.5) is 0 Å². The number of thioether (sulfide) groups is 1. The van der Waals surface area contributed by atoms with Crippen molar-refractivity contribution in [2.75, 3.05) is 5.75 Å². The second kappa shape index (κ2) is 4.76. The molecule has 0 aliphatic carbocycles. The number of hydrogen-bond donors (Lipinski definition) is 1. The minimum Gasteiger partial charge on any atom is -0.319 e. The zero-order chi connectivity index (χ0) is 11.8. The van der Waals surface area contributed by atoms with Crippen LogP contribution in [0.15, 0.2) is 18.2 Å². The van der Waals surface area contributed by atoms with E-state index in [1.165, 1.54) is 38.1 Å². The molecule has 0 amide bonds. The van der Waals surface area contributed by atoms with Crippen molar-refractivity contribution in [3.05, 3.63) is 43.3 Å². The third-order valence-electron chi connectivity index (χ3n) is 3.02. The van der Waals surface area contributed by atoms with Crippen molar-refractivity contribution >= 4 is 34.4 Å². The van der Waals surface area contributed by atoms with E-state index in [1.807, 2.05) is 34.4 Å². The van der Waals surface area contributed by atoms with E-state index >= 15 is 0 Å². The van der Waals surface area contributed by atoms with Crippen LogP contribution < -0.4 is 5.73 Å². The average Bonchev–Trinajstić information content (AvgIpc) is 2.93. The molecule has 17 heavy (non-hydrogen) atoms. The molecule has 4 heteroatoms. The third kappa shape index (κ3) is 2.32. The summed E-state index contributed by atoms with van der Waals surface area (Å²) in [6, 6.07) is 6.72. The SMILES string of the molecule is Cc1ccc(C(N)c2cc3c(s2)CCSC3)s1. The number of thiophene rings is 2. The summed E-state index contributed by atoms with van der Waals surface area (Å²) in [5, 5.41) is 0. The van der Waals surface area contributed by atoms with Gasteiger partial charge < -0.3 is 5.73 Å². The number of aryl methyl sites for hydroxylation is 2. The van der Waals surface area contributed by atoms with Gasteiger partial charge in [0.25, 0.3) is 0 Å². The van der Waals surface area contributed by atoms with Crippen molar-refractivity contribution in [2.45, 2.75) is 25.1 Å². The van der Waals surface area contributed by atoms with Crippen LogP contribution in [0, 0.1) is 6.92 Å². The highest BCUT2D eigenvalue weighted by Crippen LogP contribution is 2.36.